The van der Waals surface area contributed by atoms with Gasteiger partial charge in [-0.05, 0) is 31.5 Å². The van der Waals surface area contributed by atoms with Crippen molar-refractivity contribution in [2.24, 2.45) is 5.10 Å². The molecule has 28 heavy (non-hydrogen) atoms. The molecule has 0 aliphatic heterocycles. The summed E-state index contributed by atoms with van der Waals surface area (Å²) in [4.78, 5) is 34.3. The molecule has 0 radical (unpaired) electrons. The predicted octanol–water partition coefficient (Wildman–Crippen LogP) is 3.62. The molecule has 2 amide bonds. The van der Waals surface area contributed by atoms with Crippen LogP contribution in [0.5, 0.6) is 0 Å². The molecule has 0 bridgehead atoms. The maximum atomic E-state index is 12.1. The van der Waals surface area contributed by atoms with E-state index >= 15 is 0 Å². The average molecular weight is 403 g/mol. The third-order valence-electron chi connectivity index (χ3n) is 3.85. The lowest BCUT2D eigenvalue weighted by atomic mass is 10.1. The summed E-state index contributed by atoms with van der Waals surface area (Å²) in [5, 5.41) is 17.3. The Kier molecular flexibility index (Phi) is 7.22. The van der Waals surface area contributed by atoms with Gasteiger partial charge in [-0.25, -0.2) is 5.43 Å². The summed E-state index contributed by atoms with van der Waals surface area (Å²) in [7, 11) is 0. The minimum absolute atomic E-state index is 0.0124. The van der Waals surface area contributed by atoms with Crippen LogP contribution in [0.25, 0.3) is 0 Å². The lowest BCUT2D eigenvalue weighted by Gasteiger charge is -2.14. The summed E-state index contributed by atoms with van der Waals surface area (Å²) in [6.07, 6.45) is 0.0124. The van der Waals surface area contributed by atoms with Gasteiger partial charge >= 0.3 is 0 Å². The van der Waals surface area contributed by atoms with Crippen molar-refractivity contribution in [2.75, 3.05) is 0 Å². The van der Waals surface area contributed by atoms with Crippen molar-refractivity contribution < 1.29 is 14.5 Å². The fourth-order valence-electron chi connectivity index (χ4n) is 2.40. The highest BCUT2D eigenvalue weighted by Crippen LogP contribution is 2.24. The molecular weight excluding hydrogens is 384 g/mol. The van der Waals surface area contributed by atoms with Crippen molar-refractivity contribution in [3.8, 4) is 0 Å². The summed E-state index contributed by atoms with van der Waals surface area (Å²) in [6, 6.07) is 13.0. The van der Waals surface area contributed by atoms with Crippen molar-refractivity contribution in [2.45, 2.75) is 26.3 Å². The average Bonchev–Trinajstić information content (AvgIpc) is 2.66. The van der Waals surface area contributed by atoms with Crippen molar-refractivity contribution in [1.82, 2.24) is 10.7 Å². The Bertz CT molecular complexity index is 915. The standard InChI is InChI=1S/C19H19ClN4O4/c1-12(10-18(25)21-13(2)14-6-4-3-5-7-14)22-23-19(26)15-8-9-17(24(27)28)16(20)11-15/h3-9,11,13H,10H2,1-2H3,(H,21,25)(H,23,26)/b22-12+. The topological polar surface area (TPSA) is 114 Å². The van der Waals surface area contributed by atoms with E-state index in [1.54, 1.807) is 6.92 Å². The number of nitrogens with one attached hydrogen (secondary N) is 2. The fraction of sp³-hybridized carbons (Fsp3) is 0.211. The van der Waals surface area contributed by atoms with Gasteiger partial charge in [-0.15, -0.1) is 0 Å². The highest BCUT2D eigenvalue weighted by molar-refractivity contribution is 6.33. The van der Waals surface area contributed by atoms with Gasteiger partial charge in [0.25, 0.3) is 11.6 Å². The molecule has 146 valence electrons. The number of nitrogens with zero attached hydrogens (tertiary/aromatic N) is 2. The number of halogens is 1. The van der Waals surface area contributed by atoms with Crippen LogP contribution in [0.4, 0.5) is 5.69 Å². The largest absolute Gasteiger partial charge is 0.349 e. The number of hydrogen-bond acceptors (Lipinski definition) is 5. The summed E-state index contributed by atoms with van der Waals surface area (Å²) >= 11 is 5.79. The van der Waals surface area contributed by atoms with Crippen molar-refractivity contribution in [1.29, 1.82) is 0 Å². The molecule has 0 aliphatic rings. The molecule has 2 aromatic carbocycles. The molecule has 9 heteroatoms. The van der Waals surface area contributed by atoms with E-state index in [9.17, 15) is 19.7 Å². The molecule has 0 saturated carbocycles. The van der Waals surface area contributed by atoms with Gasteiger partial charge in [0.05, 0.1) is 17.4 Å². The number of hydrazone groups is 1. The normalized spacial score (nSPS) is 12.2. The zero-order valence-electron chi connectivity index (χ0n) is 15.3. The maximum absolute atomic E-state index is 12.1. The molecule has 0 heterocycles. The van der Waals surface area contributed by atoms with Crippen molar-refractivity contribution >= 4 is 34.8 Å². The van der Waals surface area contributed by atoms with Gasteiger partial charge in [0.15, 0.2) is 0 Å². The van der Waals surface area contributed by atoms with Gasteiger partial charge in [0, 0.05) is 17.3 Å². The smallest absolute Gasteiger partial charge is 0.287 e. The highest BCUT2D eigenvalue weighted by Gasteiger charge is 2.15. The second kappa shape index (κ2) is 9.61. The van der Waals surface area contributed by atoms with Crippen LogP contribution in [0.15, 0.2) is 53.6 Å². The summed E-state index contributed by atoms with van der Waals surface area (Å²) in [5.41, 5.74) is 3.52. The van der Waals surface area contributed by atoms with Crippen molar-refractivity contribution in [3.05, 3.63) is 74.8 Å². The monoisotopic (exact) mass is 402 g/mol. The van der Waals surface area contributed by atoms with E-state index in [2.05, 4.69) is 15.8 Å². The summed E-state index contributed by atoms with van der Waals surface area (Å²) < 4.78 is 0. The quantitative estimate of drug-likeness (QED) is 0.418. The number of benzene rings is 2. The van der Waals surface area contributed by atoms with Crippen LogP contribution in [0.3, 0.4) is 0 Å². The minimum atomic E-state index is -0.638. The number of nitro groups is 1. The zero-order valence-corrected chi connectivity index (χ0v) is 16.1. The number of nitro benzene ring substituents is 1. The van der Waals surface area contributed by atoms with Crippen LogP contribution in [0.2, 0.25) is 5.02 Å². The number of hydrogen-bond donors (Lipinski definition) is 2. The fourth-order valence-corrected chi connectivity index (χ4v) is 2.65. The molecule has 2 rings (SSSR count). The Labute approximate surface area is 166 Å². The second-order valence-corrected chi connectivity index (χ2v) is 6.50. The van der Waals surface area contributed by atoms with Crippen LogP contribution >= 0.6 is 11.6 Å². The molecule has 1 atom stereocenters. The molecule has 2 N–H and O–H groups in total. The van der Waals surface area contributed by atoms with Gasteiger partial charge < -0.3 is 5.32 Å². The van der Waals surface area contributed by atoms with Crippen molar-refractivity contribution in [3.63, 3.8) is 0 Å². The SMILES string of the molecule is C/C(CC(=O)NC(C)c1ccccc1)=N\NC(=O)c1ccc([N+](=O)[O-])c(Cl)c1. The lowest BCUT2D eigenvalue weighted by Crippen LogP contribution is -2.28. The molecule has 0 aromatic heterocycles. The van der Waals surface area contributed by atoms with Crippen LogP contribution < -0.4 is 10.7 Å². The first-order valence-electron chi connectivity index (χ1n) is 8.39. The maximum Gasteiger partial charge on any atom is 0.287 e. The van der Waals surface area contributed by atoms with Crippen LogP contribution in [0, 0.1) is 10.1 Å². The first kappa shape index (κ1) is 21.0. The van der Waals surface area contributed by atoms with Gasteiger partial charge in [-0.3, -0.25) is 19.7 Å². The van der Waals surface area contributed by atoms with Gasteiger partial charge in [0.2, 0.25) is 5.91 Å². The van der Waals surface area contributed by atoms with Crippen LogP contribution in [-0.2, 0) is 4.79 Å². The number of amides is 2. The van der Waals surface area contributed by atoms with Gasteiger partial charge in [0.1, 0.15) is 5.02 Å². The Balaban J connectivity index is 1.91. The Hall–Kier alpha value is -3.26. The Morgan fingerprint density at radius 2 is 1.89 bits per heavy atom. The molecule has 1 unspecified atom stereocenters. The van der Waals surface area contributed by atoms with E-state index in [0.717, 1.165) is 11.6 Å². The third kappa shape index (κ3) is 5.88. The van der Waals surface area contributed by atoms with Crippen LogP contribution in [-0.4, -0.2) is 22.4 Å². The van der Waals surface area contributed by atoms with E-state index in [-0.39, 0.29) is 34.6 Å². The van der Waals surface area contributed by atoms with E-state index in [0.29, 0.717) is 5.71 Å². The molecule has 0 spiro atoms. The highest BCUT2D eigenvalue weighted by atomic mass is 35.5. The number of carbonyl (C=O) groups is 2. The van der Waals surface area contributed by atoms with E-state index in [4.69, 9.17) is 11.6 Å². The minimum Gasteiger partial charge on any atom is -0.349 e. The third-order valence-corrected chi connectivity index (χ3v) is 4.15. The summed E-state index contributed by atoms with van der Waals surface area (Å²) in [6.45, 7) is 3.48. The van der Waals surface area contributed by atoms with E-state index in [1.807, 2.05) is 37.3 Å². The Morgan fingerprint density at radius 1 is 1.21 bits per heavy atom. The lowest BCUT2D eigenvalue weighted by molar-refractivity contribution is -0.384. The zero-order chi connectivity index (χ0) is 20.7. The molecule has 2 aromatic rings. The molecular formula is C19H19ClN4O4. The number of rotatable bonds is 7. The van der Waals surface area contributed by atoms with E-state index in [1.165, 1.54) is 12.1 Å². The van der Waals surface area contributed by atoms with E-state index < -0.39 is 10.8 Å². The van der Waals surface area contributed by atoms with Crippen LogP contribution in [0.1, 0.15) is 42.2 Å². The predicted molar refractivity (Wildman–Crippen MR) is 106 cm³/mol. The Morgan fingerprint density at radius 3 is 2.50 bits per heavy atom. The van der Waals surface area contributed by atoms with Gasteiger partial charge in [-0.2, -0.15) is 5.10 Å². The molecule has 0 saturated heterocycles. The molecule has 0 aliphatic carbocycles. The molecule has 0 fully saturated rings. The van der Waals surface area contributed by atoms with Gasteiger partial charge in [-0.1, -0.05) is 41.9 Å². The first-order valence-corrected chi connectivity index (χ1v) is 8.77. The summed E-state index contributed by atoms with van der Waals surface area (Å²) in [5.74, 6) is -0.820. The second-order valence-electron chi connectivity index (χ2n) is 6.09. The first-order chi connectivity index (χ1) is 13.3. The number of carbonyl (C=O) groups excluding carboxylic acids is 2. The molecule has 8 nitrogen and oxygen atoms in total.